The third kappa shape index (κ3) is 3.12. The van der Waals surface area contributed by atoms with E-state index in [0.29, 0.717) is 16.1 Å². The largest absolute Gasteiger partial charge is 0.295 e. The normalized spacial score (nSPS) is 13.6. The van der Waals surface area contributed by atoms with E-state index in [1.165, 1.54) is 16.9 Å². The van der Waals surface area contributed by atoms with Crippen molar-refractivity contribution in [1.82, 2.24) is 9.78 Å². The zero-order chi connectivity index (χ0) is 19.8. The maximum absolute atomic E-state index is 12.9. The van der Waals surface area contributed by atoms with Crippen molar-refractivity contribution in [2.75, 3.05) is 0 Å². The highest BCUT2D eigenvalue weighted by Gasteiger charge is 2.20. The van der Waals surface area contributed by atoms with E-state index in [9.17, 15) is 10.1 Å². The summed E-state index contributed by atoms with van der Waals surface area (Å²) in [5.74, 6) is 0. The molecule has 0 fully saturated rings. The van der Waals surface area contributed by atoms with E-state index in [1.807, 2.05) is 39.0 Å². The molecule has 1 N–H and O–H groups in total. The highest BCUT2D eigenvalue weighted by molar-refractivity contribution is 7.16. The summed E-state index contributed by atoms with van der Waals surface area (Å²) in [6.45, 7) is 5.95. The number of benzene rings is 1. The second-order valence-corrected chi connectivity index (χ2v) is 8.40. The molecule has 5 nitrogen and oxygen atoms in total. The number of nitrogens with zero attached hydrogens (tertiary/aromatic N) is 3. The third-order valence-electron chi connectivity index (χ3n) is 5.44. The Morgan fingerprint density at radius 3 is 2.75 bits per heavy atom. The van der Waals surface area contributed by atoms with Crippen molar-refractivity contribution in [3.05, 3.63) is 66.9 Å². The van der Waals surface area contributed by atoms with Crippen LogP contribution in [0.2, 0.25) is 0 Å². The highest BCUT2D eigenvalue weighted by Crippen LogP contribution is 2.39. The predicted molar refractivity (Wildman–Crippen MR) is 114 cm³/mol. The van der Waals surface area contributed by atoms with Gasteiger partial charge in [-0.25, -0.2) is 9.67 Å². The molecule has 142 valence electrons. The second kappa shape index (κ2) is 7.25. The van der Waals surface area contributed by atoms with Crippen molar-refractivity contribution >= 4 is 22.6 Å². The first-order valence-corrected chi connectivity index (χ1v) is 10.3. The summed E-state index contributed by atoms with van der Waals surface area (Å²) >= 11 is 1.58. The lowest BCUT2D eigenvalue weighted by atomic mass is 9.96. The first-order chi connectivity index (χ1) is 13.5. The van der Waals surface area contributed by atoms with Gasteiger partial charge in [-0.2, -0.15) is 5.26 Å². The Labute approximate surface area is 168 Å². The van der Waals surface area contributed by atoms with Gasteiger partial charge in [-0.3, -0.25) is 9.89 Å². The van der Waals surface area contributed by atoms with E-state index in [1.54, 1.807) is 22.2 Å². The van der Waals surface area contributed by atoms with Gasteiger partial charge in [0.1, 0.15) is 11.1 Å². The molecule has 0 spiro atoms. The van der Waals surface area contributed by atoms with Crippen molar-refractivity contribution in [3.8, 4) is 11.8 Å². The van der Waals surface area contributed by atoms with Crippen LogP contribution in [0.5, 0.6) is 0 Å². The summed E-state index contributed by atoms with van der Waals surface area (Å²) in [7, 11) is 0. The van der Waals surface area contributed by atoms with Crippen LogP contribution in [0.25, 0.3) is 5.69 Å². The molecule has 0 saturated carbocycles. The summed E-state index contributed by atoms with van der Waals surface area (Å²) in [4.78, 5) is 18.8. The Balaban J connectivity index is 1.73. The Kier molecular flexibility index (Phi) is 4.78. The number of aryl methyl sites for hydroxylation is 4. The number of nitriles is 1. The molecule has 28 heavy (non-hydrogen) atoms. The minimum Gasteiger partial charge on any atom is -0.295 e. The zero-order valence-electron chi connectivity index (χ0n) is 16.3. The van der Waals surface area contributed by atoms with Crippen molar-refractivity contribution in [3.63, 3.8) is 0 Å². The molecule has 1 aliphatic rings. The molecule has 0 unspecified atom stereocenters. The van der Waals surface area contributed by atoms with E-state index in [2.05, 4.69) is 16.2 Å². The van der Waals surface area contributed by atoms with E-state index in [4.69, 9.17) is 0 Å². The molecule has 1 aromatic carbocycles. The maximum atomic E-state index is 12.9. The summed E-state index contributed by atoms with van der Waals surface area (Å²) in [5.41, 5.74) is 6.11. The average molecular weight is 391 g/mol. The van der Waals surface area contributed by atoms with E-state index >= 15 is 0 Å². The summed E-state index contributed by atoms with van der Waals surface area (Å²) in [6.07, 6.45) is 5.86. The van der Waals surface area contributed by atoms with Crippen molar-refractivity contribution in [1.29, 1.82) is 5.26 Å². The summed E-state index contributed by atoms with van der Waals surface area (Å²) < 4.78 is 1.55. The molecule has 2 aromatic heterocycles. The Hall–Kier alpha value is -2.91. The molecular weight excluding hydrogens is 368 g/mol. The van der Waals surface area contributed by atoms with Gasteiger partial charge in [-0.15, -0.1) is 11.3 Å². The first kappa shape index (κ1) is 18.5. The van der Waals surface area contributed by atoms with Crippen molar-refractivity contribution in [2.24, 2.45) is 4.99 Å². The minimum atomic E-state index is -0.135. The zero-order valence-corrected chi connectivity index (χ0v) is 17.1. The third-order valence-corrected chi connectivity index (χ3v) is 6.64. The lowest BCUT2D eigenvalue weighted by Crippen LogP contribution is -2.17. The number of thiophene rings is 1. The van der Waals surface area contributed by atoms with E-state index in [0.717, 1.165) is 41.8 Å². The van der Waals surface area contributed by atoms with Gasteiger partial charge in [0.05, 0.1) is 16.8 Å². The van der Waals surface area contributed by atoms with Gasteiger partial charge in [0, 0.05) is 16.8 Å². The molecule has 4 rings (SSSR count). The van der Waals surface area contributed by atoms with E-state index in [-0.39, 0.29) is 5.56 Å². The smallest absolute Gasteiger partial charge is 0.280 e. The minimum absolute atomic E-state index is 0.135. The number of aliphatic imine (C=N–C) groups is 1. The molecule has 1 aliphatic carbocycles. The quantitative estimate of drug-likeness (QED) is 0.661. The maximum Gasteiger partial charge on any atom is 0.280 e. The van der Waals surface area contributed by atoms with Crippen LogP contribution in [0.3, 0.4) is 0 Å². The second-order valence-electron chi connectivity index (χ2n) is 7.32. The number of rotatable bonds is 3. The van der Waals surface area contributed by atoms with Crippen molar-refractivity contribution in [2.45, 2.75) is 46.5 Å². The number of aromatic nitrogens is 2. The number of fused-ring (bicyclic) bond motifs is 1. The lowest BCUT2D eigenvalue weighted by molar-refractivity contribution is 0.696. The van der Waals surface area contributed by atoms with Gasteiger partial charge in [0.2, 0.25) is 0 Å². The van der Waals surface area contributed by atoms with Crippen LogP contribution in [0.1, 0.15) is 51.2 Å². The number of H-pyrrole nitrogens is 1. The molecule has 0 radical (unpaired) electrons. The van der Waals surface area contributed by atoms with Crippen LogP contribution in [0.15, 0.2) is 28.0 Å². The molecule has 0 atom stereocenters. The van der Waals surface area contributed by atoms with Gasteiger partial charge in [0.15, 0.2) is 0 Å². The monoisotopic (exact) mass is 390 g/mol. The number of hydrogen-bond donors (Lipinski definition) is 1. The SMILES string of the molecule is Cc1ccc(-n2[nH]c(C)c(C=Nc3sc4c(c3C#N)CCCC4)c2=O)cc1C. The summed E-state index contributed by atoms with van der Waals surface area (Å²) in [6, 6.07) is 8.25. The Morgan fingerprint density at radius 1 is 1.21 bits per heavy atom. The molecule has 2 heterocycles. The number of hydrogen-bond acceptors (Lipinski definition) is 4. The average Bonchev–Trinajstić information content (AvgIpc) is 3.19. The van der Waals surface area contributed by atoms with Gasteiger partial charge < -0.3 is 0 Å². The van der Waals surface area contributed by atoms with Crippen LogP contribution < -0.4 is 5.56 Å². The lowest BCUT2D eigenvalue weighted by Gasteiger charge is -2.09. The number of aromatic amines is 1. The molecule has 0 saturated heterocycles. The van der Waals surface area contributed by atoms with Crippen LogP contribution in [0.4, 0.5) is 5.00 Å². The summed E-state index contributed by atoms with van der Waals surface area (Å²) in [5, 5.41) is 13.4. The molecule has 0 aliphatic heterocycles. The highest BCUT2D eigenvalue weighted by atomic mass is 32.1. The van der Waals surface area contributed by atoms with Gasteiger partial charge in [0.25, 0.3) is 5.56 Å². The fraction of sp³-hybridized carbons (Fsp3) is 0.318. The fourth-order valence-corrected chi connectivity index (χ4v) is 4.82. The Morgan fingerprint density at radius 2 is 2.00 bits per heavy atom. The van der Waals surface area contributed by atoms with Gasteiger partial charge in [-0.1, -0.05) is 6.07 Å². The van der Waals surface area contributed by atoms with Gasteiger partial charge >= 0.3 is 0 Å². The predicted octanol–water partition coefficient (Wildman–Crippen LogP) is 4.65. The van der Waals surface area contributed by atoms with E-state index < -0.39 is 0 Å². The number of nitrogens with one attached hydrogen (secondary N) is 1. The molecule has 6 heteroatoms. The van der Waals surface area contributed by atoms with Crippen molar-refractivity contribution < 1.29 is 0 Å². The molecule has 3 aromatic rings. The molecule has 0 bridgehead atoms. The van der Waals surface area contributed by atoms with Crippen LogP contribution in [-0.2, 0) is 12.8 Å². The van der Waals surface area contributed by atoms with Crippen LogP contribution >= 0.6 is 11.3 Å². The standard InChI is InChI=1S/C22H22N4OS/c1-13-8-9-16(10-14(13)2)26-22(27)19(15(3)25-26)12-24-21-18(11-23)17-6-4-5-7-20(17)28-21/h8-10,12,25H,4-7H2,1-3H3. The topological polar surface area (TPSA) is 73.9 Å². The van der Waals surface area contributed by atoms with Gasteiger partial charge in [-0.05, 0) is 75.3 Å². The Bertz CT molecular complexity index is 1190. The molecule has 0 amide bonds. The first-order valence-electron chi connectivity index (χ1n) is 9.47. The molecular formula is C22H22N4OS. The fourth-order valence-electron chi connectivity index (χ4n) is 3.64. The van der Waals surface area contributed by atoms with Crippen LogP contribution in [0, 0.1) is 32.1 Å². The van der Waals surface area contributed by atoms with Crippen LogP contribution in [-0.4, -0.2) is 16.0 Å².